The molecule has 0 aliphatic carbocycles. The van der Waals surface area contributed by atoms with Crippen molar-refractivity contribution in [3.05, 3.63) is 70.5 Å². The first-order valence-corrected chi connectivity index (χ1v) is 8.54. The smallest absolute Gasteiger partial charge is 0.269 e. The second-order valence-corrected chi connectivity index (χ2v) is 6.00. The average molecular weight is 367 g/mol. The molecule has 3 rings (SSSR count). The fourth-order valence-corrected chi connectivity index (χ4v) is 2.86. The van der Waals surface area contributed by atoms with Gasteiger partial charge in [-0.1, -0.05) is 30.0 Å². The van der Waals surface area contributed by atoms with Gasteiger partial charge in [-0.25, -0.2) is 0 Å². The van der Waals surface area contributed by atoms with Crippen LogP contribution in [-0.2, 0) is 6.61 Å². The highest BCUT2D eigenvalue weighted by Gasteiger charge is 2.15. The number of benzene rings is 2. The van der Waals surface area contributed by atoms with Crippen molar-refractivity contribution in [2.75, 3.05) is 5.75 Å². The number of ether oxygens (including phenoxy) is 1. The molecule has 0 radical (unpaired) electrons. The molecule has 0 aliphatic rings. The predicted octanol–water partition coefficient (Wildman–Crippen LogP) is 3.37. The molecule has 9 heteroatoms. The summed E-state index contributed by atoms with van der Waals surface area (Å²) in [4.78, 5) is 10.2. The van der Waals surface area contributed by atoms with Crippen molar-refractivity contribution >= 4 is 17.4 Å². The van der Waals surface area contributed by atoms with Crippen LogP contribution in [0.25, 0.3) is 5.69 Å². The average Bonchev–Trinajstić information content (AvgIpc) is 3.08. The van der Waals surface area contributed by atoms with Gasteiger partial charge >= 0.3 is 0 Å². The SMILES string of the molecule is N#CCSc1nnc(COc2ccc([N+](=O)[O-])cc2)n1-c1ccccc1. The summed E-state index contributed by atoms with van der Waals surface area (Å²) < 4.78 is 7.51. The maximum atomic E-state index is 10.7. The van der Waals surface area contributed by atoms with Gasteiger partial charge < -0.3 is 4.74 Å². The molecule has 0 aliphatic heterocycles. The first-order chi connectivity index (χ1) is 12.7. The zero-order valence-corrected chi connectivity index (χ0v) is 14.3. The largest absolute Gasteiger partial charge is 0.486 e. The number of rotatable bonds is 7. The molecule has 1 aromatic heterocycles. The lowest BCUT2D eigenvalue weighted by molar-refractivity contribution is -0.384. The Labute approximate surface area is 153 Å². The molecule has 2 aromatic carbocycles. The van der Waals surface area contributed by atoms with Crippen LogP contribution < -0.4 is 4.74 Å². The lowest BCUT2D eigenvalue weighted by atomic mass is 10.3. The Morgan fingerprint density at radius 2 is 1.88 bits per heavy atom. The van der Waals surface area contributed by atoms with Gasteiger partial charge in [0.1, 0.15) is 12.4 Å². The molecular weight excluding hydrogens is 354 g/mol. The third kappa shape index (κ3) is 3.99. The van der Waals surface area contributed by atoms with E-state index in [0.29, 0.717) is 16.7 Å². The summed E-state index contributed by atoms with van der Waals surface area (Å²) in [5.74, 6) is 1.31. The first kappa shape index (κ1) is 17.4. The number of hydrogen-bond acceptors (Lipinski definition) is 7. The Morgan fingerprint density at radius 1 is 1.15 bits per heavy atom. The molecule has 0 saturated heterocycles. The second-order valence-electron chi connectivity index (χ2n) is 5.06. The number of thioether (sulfide) groups is 1. The van der Waals surface area contributed by atoms with E-state index in [1.807, 2.05) is 34.9 Å². The van der Waals surface area contributed by atoms with Crippen LogP contribution >= 0.6 is 11.8 Å². The Hall–Kier alpha value is -3.38. The van der Waals surface area contributed by atoms with Crippen molar-refractivity contribution in [2.45, 2.75) is 11.8 Å². The number of para-hydroxylation sites is 1. The highest BCUT2D eigenvalue weighted by Crippen LogP contribution is 2.23. The van der Waals surface area contributed by atoms with E-state index in [1.54, 1.807) is 0 Å². The molecule has 0 amide bonds. The van der Waals surface area contributed by atoms with E-state index >= 15 is 0 Å². The third-order valence-corrected chi connectivity index (χ3v) is 4.19. The molecule has 3 aromatic rings. The Morgan fingerprint density at radius 3 is 2.54 bits per heavy atom. The minimum atomic E-state index is -0.464. The van der Waals surface area contributed by atoms with Crippen LogP contribution in [0.15, 0.2) is 59.8 Å². The molecule has 0 N–H and O–H groups in total. The molecule has 0 saturated carbocycles. The minimum Gasteiger partial charge on any atom is -0.486 e. The van der Waals surface area contributed by atoms with E-state index in [0.717, 1.165) is 5.69 Å². The number of hydrogen-bond donors (Lipinski definition) is 0. The number of nitro benzene ring substituents is 1. The summed E-state index contributed by atoms with van der Waals surface area (Å²) in [6.45, 7) is 0.132. The zero-order valence-electron chi connectivity index (χ0n) is 13.5. The molecule has 0 unspecified atom stereocenters. The van der Waals surface area contributed by atoms with E-state index in [1.165, 1.54) is 36.0 Å². The van der Waals surface area contributed by atoms with Gasteiger partial charge in [-0.2, -0.15) is 5.26 Å². The van der Waals surface area contributed by atoms with Crippen LogP contribution in [0.1, 0.15) is 5.82 Å². The molecular formula is C17H13N5O3S. The van der Waals surface area contributed by atoms with Crippen LogP contribution in [-0.4, -0.2) is 25.4 Å². The van der Waals surface area contributed by atoms with E-state index in [2.05, 4.69) is 16.3 Å². The topological polar surface area (TPSA) is 107 Å². The van der Waals surface area contributed by atoms with E-state index in [9.17, 15) is 10.1 Å². The molecule has 0 bridgehead atoms. The Kier molecular flexibility index (Phi) is 5.46. The molecule has 0 atom stereocenters. The van der Waals surface area contributed by atoms with E-state index in [-0.39, 0.29) is 18.0 Å². The predicted molar refractivity (Wildman–Crippen MR) is 95.1 cm³/mol. The fourth-order valence-electron chi connectivity index (χ4n) is 2.23. The fraction of sp³-hybridized carbons (Fsp3) is 0.118. The van der Waals surface area contributed by atoms with Gasteiger partial charge in [0.05, 0.1) is 16.7 Å². The summed E-state index contributed by atoms with van der Waals surface area (Å²) in [6.07, 6.45) is 0. The molecule has 1 heterocycles. The van der Waals surface area contributed by atoms with E-state index in [4.69, 9.17) is 10.00 Å². The normalized spacial score (nSPS) is 10.3. The van der Waals surface area contributed by atoms with Crippen LogP contribution in [0.2, 0.25) is 0 Å². The monoisotopic (exact) mass is 367 g/mol. The van der Waals surface area contributed by atoms with Crippen molar-refractivity contribution in [3.63, 3.8) is 0 Å². The maximum absolute atomic E-state index is 10.7. The summed E-state index contributed by atoms with van der Waals surface area (Å²) in [5.41, 5.74) is 0.861. The highest BCUT2D eigenvalue weighted by atomic mass is 32.2. The molecule has 0 fully saturated rings. The summed E-state index contributed by atoms with van der Waals surface area (Å²) in [7, 11) is 0. The van der Waals surface area contributed by atoms with Crippen molar-refractivity contribution in [2.24, 2.45) is 0 Å². The lowest BCUT2D eigenvalue weighted by Gasteiger charge is -2.10. The number of nitriles is 1. The van der Waals surface area contributed by atoms with Crippen LogP contribution in [0.4, 0.5) is 5.69 Å². The second kappa shape index (κ2) is 8.13. The van der Waals surface area contributed by atoms with Gasteiger partial charge in [0.25, 0.3) is 5.69 Å². The van der Waals surface area contributed by atoms with E-state index < -0.39 is 4.92 Å². The Balaban J connectivity index is 1.82. The van der Waals surface area contributed by atoms with Gasteiger partial charge in [-0.05, 0) is 24.3 Å². The van der Waals surface area contributed by atoms with Crippen molar-refractivity contribution in [1.29, 1.82) is 5.26 Å². The third-order valence-electron chi connectivity index (χ3n) is 3.40. The van der Waals surface area contributed by atoms with Crippen molar-refractivity contribution in [1.82, 2.24) is 14.8 Å². The van der Waals surface area contributed by atoms with Crippen molar-refractivity contribution < 1.29 is 9.66 Å². The lowest BCUT2D eigenvalue weighted by Crippen LogP contribution is -2.06. The summed E-state index contributed by atoms with van der Waals surface area (Å²) >= 11 is 1.29. The van der Waals surface area contributed by atoms with Gasteiger partial charge in [-0.15, -0.1) is 10.2 Å². The first-order valence-electron chi connectivity index (χ1n) is 7.56. The molecule has 26 heavy (non-hydrogen) atoms. The summed E-state index contributed by atoms with van der Waals surface area (Å²) in [5, 5.41) is 28.4. The quantitative estimate of drug-likeness (QED) is 0.358. The van der Waals surface area contributed by atoms with Crippen LogP contribution in [0.5, 0.6) is 5.75 Å². The van der Waals surface area contributed by atoms with Crippen molar-refractivity contribution in [3.8, 4) is 17.5 Å². The van der Waals surface area contributed by atoms with Crippen LogP contribution in [0, 0.1) is 21.4 Å². The molecule has 8 nitrogen and oxygen atoms in total. The molecule has 130 valence electrons. The minimum absolute atomic E-state index is 0.00000731. The number of aromatic nitrogens is 3. The molecule has 0 spiro atoms. The van der Waals surface area contributed by atoms with Gasteiger partial charge in [0.2, 0.25) is 0 Å². The van der Waals surface area contributed by atoms with Gasteiger partial charge in [-0.3, -0.25) is 14.7 Å². The zero-order chi connectivity index (χ0) is 18.4. The van der Waals surface area contributed by atoms with Gasteiger partial charge in [0, 0.05) is 17.8 Å². The highest BCUT2D eigenvalue weighted by molar-refractivity contribution is 7.99. The standard InChI is InChI=1S/C17H13N5O3S/c18-10-11-26-17-20-19-16(21(17)13-4-2-1-3-5-13)12-25-15-8-6-14(7-9-15)22(23)24/h1-9H,11-12H2. The van der Waals surface area contributed by atoms with Gasteiger partial charge in [0.15, 0.2) is 11.0 Å². The number of non-ortho nitro benzene ring substituents is 1. The summed E-state index contributed by atoms with van der Waals surface area (Å²) in [6, 6.07) is 17.4. The Bertz CT molecular complexity index is 935. The number of nitro groups is 1. The number of nitrogens with zero attached hydrogens (tertiary/aromatic N) is 5. The van der Waals surface area contributed by atoms with Crippen LogP contribution in [0.3, 0.4) is 0 Å². The maximum Gasteiger partial charge on any atom is 0.269 e.